The molecule has 2 heterocycles. The molecule has 0 amide bonds. The Balaban J connectivity index is 1.85. The molecule has 0 spiro atoms. The highest BCUT2D eigenvalue weighted by atomic mass is 32.1. The molecule has 17 heavy (non-hydrogen) atoms. The van der Waals surface area contributed by atoms with Gasteiger partial charge in [-0.25, -0.2) is 4.98 Å². The highest BCUT2D eigenvalue weighted by molar-refractivity contribution is 7.17. The van der Waals surface area contributed by atoms with Crippen molar-refractivity contribution < 1.29 is 4.79 Å². The summed E-state index contributed by atoms with van der Waals surface area (Å²) in [6.45, 7) is 3.05. The van der Waals surface area contributed by atoms with Gasteiger partial charge in [0.1, 0.15) is 0 Å². The lowest BCUT2D eigenvalue weighted by Gasteiger charge is -2.31. The number of aldehydes is 1. The Hall–Kier alpha value is -0.900. The summed E-state index contributed by atoms with van der Waals surface area (Å²) in [5, 5.41) is 1.07. The molecule has 1 saturated carbocycles. The SMILES string of the molecule is Cc1nc(N2CCC3CCCCC32)sc1C=O. The van der Waals surface area contributed by atoms with E-state index in [-0.39, 0.29) is 0 Å². The molecule has 0 radical (unpaired) electrons. The van der Waals surface area contributed by atoms with Gasteiger partial charge in [0.15, 0.2) is 11.4 Å². The van der Waals surface area contributed by atoms with Crippen LogP contribution in [0.4, 0.5) is 5.13 Å². The number of rotatable bonds is 2. The van der Waals surface area contributed by atoms with Gasteiger partial charge in [0.05, 0.1) is 10.6 Å². The largest absolute Gasteiger partial charge is 0.345 e. The van der Waals surface area contributed by atoms with Crippen LogP contribution in [0.25, 0.3) is 0 Å². The quantitative estimate of drug-likeness (QED) is 0.756. The first-order chi connectivity index (χ1) is 8.29. The van der Waals surface area contributed by atoms with Crippen molar-refractivity contribution in [2.75, 3.05) is 11.4 Å². The van der Waals surface area contributed by atoms with E-state index in [1.807, 2.05) is 6.92 Å². The lowest BCUT2D eigenvalue weighted by molar-refractivity contribution is 0.112. The van der Waals surface area contributed by atoms with Gasteiger partial charge < -0.3 is 4.90 Å². The minimum Gasteiger partial charge on any atom is -0.345 e. The summed E-state index contributed by atoms with van der Waals surface area (Å²) in [6, 6.07) is 0.689. The molecule has 92 valence electrons. The molecule has 4 heteroatoms. The first-order valence-corrected chi connectivity index (χ1v) is 7.30. The number of anilines is 1. The van der Waals surface area contributed by atoms with Crippen LogP contribution in [0, 0.1) is 12.8 Å². The topological polar surface area (TPSA) is 33.2 Å². The third-order valence-electron chi connectivity index (χ3n) is 4.18. The first-order valence-electron chi connectivity index (χ1n) is 6.49. The average Bonchev–Trinajstić information content (AvgIpc) is 2.92. The fourth-order valence-corrected chi connectivity index (χ4v) is 4.23. The molecule has 3 nitrogen and oxygen atoms in total. The van der Waals surface area contributed by atoms with E-state index < -0.39 is 0 Å². The molecule has 2 aliphatic rings. The van der Waals surface area contributed by atoms with Crippen molar-refractivity contribution in [2.45, 2.75) is 45.1 Å². The van der Waals surface area contributed by atoms with Gasteiger partial charge in [-0.3, -0.25) is 4.79 Å². The van der Waals surface area contributed by atoms with Crippen molar-refractivity contribution >= 4 is 22.8 Å². The van der Waals surface area contributed by atoms with E-state index in [4.69, 9.17) is 0 Å². The standard InChI is InChI=1S/C13H18N2OS/c1-9-12(8-16)17-13(14-9)15-7-6-10-4-2-3-5-11(10)15/h8,10-11H,2-7H2,1H3. The third-order valence-corrected chi connectivity index (χ3v) is 5.30. The summed E-state index contributed by atoms with van der Waals surface area (Å²) in [6.07, 6.45) is 7.67. The molecule has 3 rings (SSSR count). The van der Waals surface area contributed by atoms with Gasteiger partial charge in [-0.2, -0.15) is 0 Å². The van der Waals surface area contributed by atoms with Crippen LogP contribution in [-0.2, 0) is 0 Å². The minimum atomic E-state index is 0.689. The summed E-state index contributed by atoms with van der Waals surface area (Å²) in [5.41, 5.74) is 0.888. The molecular formula is C13H18N2OS. The molecule has 1 aliphatic heterocycles. The highest BCUT2D eigenvalue weighted by Crippen LogP contribution is 2.40. The van der Waals surface area contributed by atoms with E-state index in [9.17, 15) is 4.79 Å². The van der Waals surface area contributed by atoms with Crippen molar-refractivity contribution in [1.29, 1.82) is 0 Å². The zero-order valence-corrected chi connectivity index (χ0v) is 11.0. The summed E-state index contributed by atoms with van der Waals surface area (Å²) in [7, 11) is 0. The van der Waals surface area contributed by atoms with Gasteiger partial charge in [-0.15, -0.1) is 0 Å². The molecule has 2 atom stereocenters. The molecule has 1 aromatic heterocycles. The second-order valence-electron chi connectivity index (χ2n) is 5.16. The maximum atomic E-state index is 10.9. The second-order valence-corrected chi connectivity index (χ2v) is 6.17. The molecule has 2 unspecified atom stereocenters. The lowest BCUT2D eigenvalue weighted by atomic mass is 9.85. The lowest BCUT2D eigenvalue weighted by Crippen LogP contribution is -2.34. The summed E-state index contributed by atoms with van der Waals surface area (Å²) >= 11 is 1.56. The van der Waals surface area contributed by atoms with Crippen LogP contribution >= 0.6 is 11.3 Å². The fourth-order valence-electron chi connectivity index (χ4n) is 3.27. The van der Waals surface area contributed by atoms with Crippen LogP contribution in [0.3, 0.4) is 0 Å². The number of aryl methyl sites for hydroxylation is 1. The number of hydrogen-bond donors (Lipinski definition) is 0. The Morgan fingerprint density at radius 1 is 1.35 bits per heavy atom. The van der Waals surface area contributed by atoms with Gasteiger partial charge >= 0.3 is 0 Å². The Kier molecular flexibility index (Phi) is 2.90. The summed E-state index contributed by atoms with van der Waals surface area (Å²) < 4.78 is 0. The normalized spacial score (nSPS) is 28.2. The number of nitrogens with zero attached hydrogens (tertiary/aromatic N) is 2. The van der Waals surface area contributed by atoms with Crippen LogP contribution in [-0.4, -0.2) is 23.9 Å². The first kappa shape index (κ1) is 11.2. The molecule has 1 saturated heterocycles. The Morgan fingerprint density at radius 2 is 2.18 bits per heavy atom. The number of aromatic nitrogens is 1. The fraction of sp³-hybridized carbons (Fsp3) is 0.692. The number of carbonyl (C=O) groups excluding carboxylic acids is 1. The molecular weight excluding hydrogens is 232 g/mol. The number of fused-ring (bicyclic) bond motifs is 1. The van der Waals surface area contributed by atoms with Crippen LogP contribution in [0.2, 0.25) is 0 Å². The molecule has 1 aromatic rings. The van der Waals surface area contributed by atoms with Crippen LogP contribution in [0.5, 0.6) is 0 Å². The zero-order chi connectivity index (χ0) is 11.8. The maximum absolute atomic E-state index is 10.9. The van der Waals surface area contributed by atoms with Crippen molar-refractivity contribution in [3.63, 3.8) is 0 Å². The maximum Gasteiger partial charge on any atom is 0.186 e. The van der Waals surface area contributed by atoms with E-state index >= 15 is 0 Å². The van der Waals surface area contributed by atoms with Gasteiger partial charge in [-0.05, 0) is 32.1 Å². The average molecular weight is 250 g/mol. The van der Waals surface area contributed by atoms with Crippen LogP contribution in [0.1, 0.15) is 47.5 Å². The van der Waals surface area contributed by atoms with E-state index in [1.165, 1.54) is 32.1 Å². The highest BCUT2D eigenvalue weighted by Gasteiger charge is 2.37. The monoisotopic (exact) mass is 250 g/mol. The zero-order valence-electron chi connectivity index (χ0n) is 10.2. The predicted octanol–water partition coefficient (Wildman–Crippen LogP) is 3.03. The Morgan fingerprint density at radius 3 is 2.94 bits per heavy atom. The molecule has 0 N–H and O–H groups in total. The molecule has 2 fully saturated rings. The predicted molar refractivity (Wildman–Crippen MR) is 69.9 cm³/mol. The van der Waals surface area contributed by atoms with Gasteiger partial charge in [-0.1, -0.05) is 24.2 Å². The Bertz CT molecular complexity index is 429. The van der Waals surface area contributed by atoms with E-state index in [0.29, 0.717) is 6.04 Å². The smallest absolute Gasteiger partial charge is 0.186 e. The van der Waals surface area contributed by atoms with Gasteiger partial charge in [0.25, 0.3) is 0 Å². The van der Waals surface area contributed by atoms with E-state index in [1.54, 1.807) is 11.3 Å². The van der Waals surface area contributed by atoms with E-state index in [0.717, 1.165) is 34.5 Å². The van der Waals surface area contributed by atoms with E-state index in [2.05, 4.69) is 9.88 Å². The van der Waals surface area contributed by atoms with Crippen LogP contribution < -0.4 is 4.90 Å². The third kappa shape index (κ3) is 1.88. The van der Waals surface area contributed by atoms with Crippen molar-refractivity contribution in [2.24, 2.45) is 5.92 Å². The van der Waals surface area contributed by atoms with Gasteiger partial charge in [0, 0.05) is 12.6 Å². The minimum absolute atomic E-state index is 0.689. The molecule has 1 aliphatic carbocycles. The van der Waals surface area contributed by atoms with Crippen molar-refractivity contribution in [3.05, 3.63) is 10.6 Å². The van der Waals surface area contributed by atoms with Crippen LogP contribution in [0.15, 0.2) is 0 Å². The summed E-state index contributed by atoms with van der Waals surface area (Å²) in [4.78, 5) is 18.7. The molecule has 0 aromatic carbocycles. The number of thiazole rings is 1. The Labute approximate surface area is 106 Å². The molecule has 0 bridgehead atoms. The van der Waals surface area contributed by atoms with Crippen molar-refractivity contribution in [3.8, 4) is 0 Å². The van der Waals surface area contributed by atoms with Crippen molar-refractivity contribution in [1.82, 2.24) is 4.98 Å². The summed E-state index contributed by atoms with van der Waals surface area (Å²) in [5.74, 6) is 0.868. The second kappa shape index (κ2) is 4.41. The van der Waals surface area contributed by atoms with Gasteiger partial charge in [0.2, 0.25) is 0 Å². The number of hydrogen-bond acceptors (Lipinski definition) is 4. The number of carbonyl (C=O) groups is 1.